The molecule has 0 saturated carbocycles. The van der Waals surface area contributed by atoms with Crippen LogP contribution in [0.2, 0.25) is 0 Å². The normalized spacial score (nSPS) is 16.9. The van der Waals surface area contributed by atoms with Crippen molar-refractivity contribution in [1.82, 2.24) is 16.0 Å². The summed E-state index contributed by atoms with van der Waals surface area (Å²) in [5.41, 5.74) is 1.02. The highest BCUT2D eigenvalue weighted by molar-refractivity contribution is 6.04. The van der Waals surface area contributed by atoms with Crippen molar-refractivity contribution in [2.75, 3.05) is 13.7 Å². The second-order valence-corrected chi connectivity index (χ2v) is 4.97. The first-order valence-electron chi connectivity index (χ1n) is 7.10. The highest BCUT2D eigenvalue weighted by Gasteiger charge is 2.29. The lowest BCUT2D eigenvalue weighted by molar-refractivity contribution is -0.122. The molecule has 7 heteroatoms. The van der Waals surface area contributed by atoms with Crippen LogP contribution < -0.4 is 20.7 Å². The number of amides is 4. The van der Waals surface area contributed by atoms with Crippen LogP contribution in [0.15, 0.2) is 24.3 Å². The molecule has 1 fully saturated rings. The lowest BCUT2D eigenvalue weighted by Crippen LogP contribution is -2.32. The molecule has 0 radical (unpaired) electrons. The minimum atomic E-state index is -0.618. The number of hydrogen-bond donors (Lipinski definition) is 3. The molecule has 1 aliphatic rings. The summed E-state index contributed by atoms with van der Waals surface area (Å²) in [7, 11) is 1.61. The van der Waals surface area contributed by atoms with E-state index < -0.39 is 12.1 Å². The van der Waals surface area contributed by atoms with E-state index in [0.29, 0.717) is 13.0 Å². The third kappa shape index (κ3) is 4.21. The fraction of sp³-hybridized carbons (Fsp3) is 0.400. The quantitative estimate of drug-likeness (QED) is 0.633. The summed E-state index contributed by atoms with van der Waals surface area (Å²) < 4.78 is 5.24. The van der Waals surface area contributed by atoms with Gasteiger partial charge in [0.05, 0.1) is 7.11 Å². The van der Waals surface area contributed by atoms with Gasteiger partial charge in [0.1, 0.15) is 11.8 Å². The molecule has 2 rings (SSSR count). The number of methoxy groups -OCH3 is 1. The molecule has 118 valence electrons. The Bertz CT molecular complexity index is 574. The molecule has 7 nitrogen and oxygen atoms in total. The number of hydrogen-bond acceptors (Lipinski definition) is 4. The molecule has 1 saturated heterocycles. The number of para-hydroxylation sites is 1. The van der Waals surface area contributed by atoms with Gasteiger partial charge in [-0.1, -0.05) is 18.2 Å². The van der Waals surface area contributed by atoms with Gasteiger partial charge in [0, 0.05) is 13.0 Å². The van der Waals surface area contributed by atoms with E-state index in [1.54, 1.807) is 7.11 Å². The average molecular weight is 305 g/mol. The minimum absolute atomic E-state index is 0.149. The topological polar surface area (TPSA) is 96.5 Å². The maximum absolute atomic E-state index is 11.7. The summed E-state index contributed by atoms with van der Waals surface area (Å²) >= 11 is 0. The smallest absolute Gasteiger partial charge is 0.322 e. The van der Waals surface area contributed by atoms with Gasteiger partial charge in [-0.05, 0) is 24.5 Å². The molecule has 22 heavy (non-hydrogen) atoms. The van der Waals surface area contributed by atoms with Crippen molar-refractivity contribution in [3.63, 3.8) is 0 Å². The number of rotatable bonds is 7. The summed E-state index contributed by atoms with van der Waals surface area (Å²) in [5, 5.41) is 7.39. The van der Waals surface area contributed by atoms with Gasteiger partial charge >= 0.3 is 6.03 Å². The molecule has 1 aliphatic heterocycles. The summed E-state index contributed by atoms with van der Waals surface area (Å²) in [6, 6.07) is 6.50. The van der Waals surface area contributed by atoms with Gasteiger partial charge < -0.3 is 15.4 Å². The molecule has 3 N–H and O–H groups in total. The highest BCUT2D eigenvalue weighted by Crippen LogP contribution is 2.17. The van der Waals surface area contributed by atoms with E-state index in [1.807, 2.05) is 24.3 Å². The fourth-order valence-corrected chi connectivity index (χ4v) is 2.27. The minimum Gasteiger partial charge on any atom is -0.496 e. The van der Waals surface area contributed by atoms with Gasteiger partial charge in [0.25, 0.3) is 5.91 Å². The van der Waals surface area contributed by atoms with Gasteiger partial charge in [-0.25, -0.2) is 4.79 Å². The number of urea groups is 1. The molecular weight excluding hydrogens is 286 g/mol. The number of carbonyl (C=O) groups excluding carboxylic acids is 3. The molecule has 1 aromatic rings. The highest BCUT2D eigenvalue weighted by atomic mass is 16.5. The molecule has 0 spiro atoms. The second-order valence-electron chi connectivity index (χ2n) is 4.97. The molecule has 1 atom stereocenters. The van der Waals surface area contributed by atoms with Gasteiger partial charge in [0.2, 0.25) is 5.91 Å². The van der Waals surface area contributed by atoms with Gasteiger partial charge in [-0.2, -0.15) is 0 Å². The Balaban J connectivity index is 1.70. The fourth-order valence-electron chi connectivity index (χ4n) is 2.27. The number of nitrogens with one attached hydrogen (secondary N) is 3. The Morgan fingerprint density at radius 3 is 2.77 bits per heavy atom. The molecular formula is C15H19N3O4. The first kappa shape index (κ1) is 15.8. The van der Waals surface area contributed by atoms with Crippen LogP contribution in [-0.2, 0) is 16.0 Å². The maximum atomic E-state index is 11.7. The van der Waals surface area contributed by atoms with E-state index in [0.717, 1.165) is 11.3 Å². The molecule has 0 aliphatic carbocycles. The van der Waals surface area contributed by atoms with Crippen molar-refractivity contribution in [1.29, 1.82) is 0 Å². The van der Waals surface area contributed by atoms with E-state index in [9.17, 15) is 14.4 Å². The number of benzene rings is 1. The average Bonchev–Trinajstić information content (AvgIpc) is 2.83. The van der Waals surface area contributed by atoms with Crippen LogP contribution in [0.1, 0.15) is 18.4 Å². The lowest BCUT2D eigenvalue weighted by Gasteiger charge is -2.10. The van der Waals surface area contributed by atoms with Crippen LogP contribution >= 0.6 is 0 Å². The number of ether oxygens (including phenoxy) is 1. The molecule has 0 aromatic heterocycles. The summed E-state index contributed by atoms with van der Waals surface area (Å²) in [6.45, 7) is 0.489. The Kier molecular flexibility index (Phi) is 5.35. The van der Waals surface area contributed by atoms with Crippen LogP contribution in [0.5, 0.6) is 5.75 Å². The van der Waals surface area contributed by atoms with Crippen molar-refractivity contribution in [2.24, 2.45) is 0 Å². The van der Waals surface area contributed by atoms with E-state index in [4.69, 9.17) is 4.74 Å². The van der Waals surface area contributed by atoms with Gasteiger partial charge in [0.15, 0.2) is 0 Å². The van der Waals surface area contributed by atoms with Gasteiger partial charge in [-0.15, -0.1) is 0 Å². The van der Waals surface area contributed by atoms with E-state index >= 15 is 0 Å². The van der Waals surface area contributed by atoms with E-state index in [-0.39, 0.29) is 24.7 Å². The summed E-state index contributed by atoms with van der Waals surface area (Å²) in [4.78, 5) is 34.0. The Morgan fingerprint density at radius 2 is 2.09 bits per heavy atom. The third-order valence-electron chi connectivity index (χ3n) is 3.43. The lowest BCUT2D eigenvalue weighted by atomic mass is 10.1. The monoisotopic (exact) mass is 305 g/mol. The van der Waals surface area contributed by atoms with Gasteiger partial charge in [-0.3, -0.25) is 14.9 Å². The first-order chi connectivity index (χ1) is 10.6. The predicted octanol–water partition coefficient (Wildman–Crippen LogP) is 0.342. The Hall–Kier alpha value is -2.57. The second kappa shape index (κ2) is 7.44. The molecule has 4 amide bonds. The standard InChI is InChI=1S/C15H19N3O4/c1-22-12-5-3-2-4-10(12)8-9-16-13(19)7-6-11-14(20)18-15(21)17-11/h2-5,11H,6-9H2,1H3,(H,16,19)(H2,17,18,20,21)/t11-/m1/s1. The van der Waals surface area contributed by atoms with Crippen molar-refractivity contribution in [2.45, 2.75) is 25.3 Å². The number of carbonyl (C=O) groups is 3. The predicted molar refractivity (Wildman–Crippen MR) is 79.4 cm³/mol. The van der Waals surface area contributed by atoms with E-state index in [1.165, 1.54) is 0 Å². The van der Waals surface area contributed by atoms with E-state index in [2.05, 4.69) is 16.0 Å². The largest absolute Gasteiger partial charge is 0.496 e. The Morgan fingerprint density at radius 1 is 1.32 bits per heavy atom. The third-order valence-corrected chi connectivity index (χ3v) is 3.43. The zero-order valence-corrected chi connectivity index (χ0v) is 12.3. The van der Waals surface area contributed by atoms with Crippen molar-refractivity contribution in [3.8, 4) is 5.75 Å². The SMILES string of the molecule is COc1ccccc1CCNC(=O)CC[C@H]1NC(=O)NC1=O. The Labute approximate surface area is 128 Å². The zero-order chi connectivity index (χ0) is 15.9. The maximum Gasteiger partial charge on any atom is 0.322 e. The zero-order valence-electron chi connectivity index (χ0n) is 12.3. The van der Waals surface area contributed by atoms with Crippen LogP contribution in [0, 0.1) is 0 Å². The van der Waals surface area contributed by atoms with Crippen molar-refractivity contribution in [3.05, 3.63) is 29.8 Å². The summed E-state index contributed by atoms with van der Waals surface area (Å²) in [6.07, 6.45) is 1.14. The van der Waals surface area contributed by atoms with Crippen LogP contribution in [0.3, 0.4) is 0 Å². The van der Waals surface area contributed by atoms with Crippen LogP contribution in [-0.4, -0.2) is 37.5 Å². The van der Waals surface area contributed by atoms with Crippen LogP contribution in [0.4, 0.5) is 4.79 Å². The molecule has 0 unspecified atom stereocenters. The molecule has 1 heterocycles. The molecule has 0 bridgehead atoms. The van der Waals surface area contributed by atoms with Crippen molar-refractivity contribution >= 4 is 17.8 Å². The number of imide groups is 1. The molecule has 1 aromatic carbocycles. The van der Waals surface area contributed by atoms with Crippen molar-refractivity contribution < 1.29 is 19.1 Å². The van der Waals surface area contributed by atoms with Crippen LogP contribution in [0.25, 0.3) is 0 Å². The first-order valence-corrected chi connectivity index (χ1v) is 7.10. The summed E-state index contributed by atoms with van der Waals surface area (Å²) in [5.74, 6) is 0.262.